The maximum atomic E-state index is 11.1. The van der Waals surface area contributed by atoms with Gasteiger partial charge in [-0.25, -0.2) is 4.98 Å². The molecule has 84 valence electrons. The van der Waals surface area contributed by atoms with Crippen LogP contribution in [0.5, 0.6) is 0 Å². The molecule has 0 atom stereocenters. The molecule has 0 N–H and O–H groups in total. The molecule has 0 saturated heterocycles. The number of hydrogen-bond donors (Lipinski definition) is 0. The van der Waals surface area contributed by atoms with Gasteiger partial charge in [0, 0.05) is 5.38 Å². The van der Waals surface area contributed by atoms with Gasteiger partial charge in [0.05, 0.1) is 12.1 Å². The van der Waals surface area contributed by atoms with Gasteiger partial charge in [-0.05, 0) is 6.92 Å². The molecule has 0 radical (unpaired) electrons. The lowest BCUT2D eigenvalue weighted by molar-refractivity contribution is -0.142. The normalized spacial score (nSPS) is 10.3. The van der Waals surface area contributed by atoms with Crippen molar-refractivity contribution in [1.82, 2.24) is 15.1 Å². The van der Waals surface area contributed by atoms with Crippen molar-refractivity contribution in [3.63, 3.8) is 0 Å². The van der Waals surface area contributed by atoms with E-state index in [1.54, 1.807) is 17.8 Å². The summed E-state index contributed by atoms with van der Waals surface area (Å²) in [6.45, 7) is 2.08. The Kier molecular flexibility index (Phi) is 3.25. The summed E-state index contributed by atoms with van der Waals surface area (Å²) in [7, 11) is 0. The first-order valence-corrected chi connectivity index (χ1v) is 5.60. The maximum Gasteiger partial charge on any atom is 0.315 e. The third kappa shape index (κ3) is 2.43. The van der Waals surface area contributed by atoms with E-state index in [9.17, 15) is 4.79 Å². The average Bonchev–Trinajstić information content (AvgIpc) is 2.86. The van der Waals surface area contributed by atoms with E-state index in [0.717, 1.165) is 0 Å². The smallest absolute Gasteiger partial charge is 0.315 e. The zero-order chi connectivity index (χ0) is 11.4. The van der Waals surface area contributed by atoms with Gasteiger partial charge in [0.1, 0.15) is 12.1 Å². The highest BCUT2D eigenvalue weighted by Gasteiger charge is 2.13. The molecule has 2 rings (SSSR count). The van der Waals surface area contributed by atoms with Crippen molar-refractivity contribution in [3.8, 4) is 11.5 Å². The first-order chi connectivity index (χ1) is 7.79. The number of nitrogens with zero attached hydrogens (tertiary/aromatic N) is 3. The molecule has 0 unspecified atom stereocenters. The van der Waals surface area contributed by atoms with E-state index in [1.807, 2.05) is 0 Å². The SMILES string of the molecule is CCOC(=O)Cc1nc(-c2cscn2)no1. The molecule has 2 heterocycles. The minimum atomic E-state index is -0.379. The number of rotatable bonds is 4. The summed E-state index contributed by atoms with van der Waals surface area (Å²) in [6, 6.07) is 0. The third-order valence-electron chi connectivity index (χ3n) is 1.73. The summed E-state index contributed by atoms with van der Waals surface area (Å²) >= 11 is 1.44. The van der Waals surface area contributed by atoms with Gasteiger partial charge in [-0.2, -0.15) is 4.98 Å². The summed E-state index contributed by atoms with van der Waals surface area (Å²) in [5.74, 6) is 0.248. The molecule has 16 heavy (non-hydrogen) atoms. The summed E-state index contributed by atoms with van der Waals surface area (Å²) in [5, 5.41) is 5.53. The number of carbonyl (C=O) groups is 1. The van der Waals surface area contributed by atoms with E-state index < -0.39 is 0 Å². The Hall–Kier alpha value is -1.76. The zero-order valence-corrected chi connectivity index (χ0v) is 9.36. The van der Waals surface area contributed by atoms with Crippen LogP contribution in [0.15, 0.2) is 15.4 Å². The monoisotopic (exact) mass is 239 g/mol. The molecule has 7 heteroatoms. The van der Waals surface area contributed by atoms with Crippen molar-refractivity contribution in [2.24, 2.45) is 0 Å². The predicted octanol–water partition coefficient (Wildman–Crippen LogP) is 1.30. The lowest BCUT2D eigenvalue weighted by Gasteiger charge is -1.96. The van der Waals surface area contributed by atoms with Crippen LogP contribution < -0.4 is 0 Å². The molecule has 0 aliphatic heterocycles. The zero-order valence-electron chi connectivity index (χ0n) is 8.54. The number of hydrogen-bond acceptors (Lipinski definition) is 7. The van der Waals surface area contributed by atoms with Crippen molar-refractivity contribution in [1.29, 1.82) is 0 Å². The molecule has 0 spiro atoms. The molecule has 0 fully saturated rings. The third-order valence-corrected chi connectivity index (χ3v) is 2.32. The molecular weight excluding hydrogens is 230 g/mol. The molecule has 2 aromatic rings. The van der Waals surface area contributed by atoms with Crippen molar-refractivity contribution >= 4 is 17.3 Å². The van der Waals surface area contributed by atoms with Crippen molar-refractivity contribution < 1.29 is 14.1 Å². The molecule has 0 aliphatic carbocycles. The topological polar surface area (TPSA) is 78.1 Å². The van der Waals surface area contributed by atoms with E-state index >= 15 is 0 Å². The fraction of sp³-hybridized carbons (Fsp3) is 0.333. The fourth-order valence-corrected chi connectivity index (χ4v) is 1.62. The molecule has 0 amide bonds. The highest BCUT2D eigenvalue weighted by atomic mass is 32.1. The highest BCUT2D eigenvalue weighted by molar-refractivity contribution is 7.07. The predicted molar refractivity (Wildman–Crippen MR) is 55.7 cm³/mol. The van der Waals surface area contributed by atoms with E-state index in [2.05, 4.69) is 15.1 Å². The molecule has 0 saturated carbocycles. The van der Waals surface area contributed by atoms with Crippen LogP contribution in [0.1, 0.15) is 12.8 Å². The van der Waals surface area contributed by atoms with Gasteiger partial charge in [-0.3, -0.25) is 4.79 Å². The van der Waals surface area contributed by atoms with Gasteiger partial charge < -0.3 is 9.26 Å². The lowest BCUT2D eigenvalue weighted by atomic mass is 10.4. The van der Waals surface area contributed by atoms with Gasteiger partial charge in [0.2, 0.25) is 11.7 Å². The Balaban J connectivity index is 2.06. The second-order valence-electron chi connectivity index (χ2n) is 2.87. The standard InChI is InChI=1S/C9H9N3O3S/c1-2-14-8(13)3-7-11-9(12-15-7)6-4-16-5-10-6/h4-5H,2-3H2,1H3. The van der Waals surface area contributed by atoms with Crippen LogP contribution in [0, 0.1) is 0 Å². The van der Waals surface area contributed by atoms with Crippen LogP contribution in [0.4, 0.5) is 0 Å². The molecule has 0 bridgehead atoms. The van der Waals surface area contributed by atoms with Crippen LogP contribution in [-0.2, 0) is 16.0 Å². The average molecular weight is 239 g/mol. The van der Waals surface area contributed by atoms with Crippen molar-refractivity contribution in [3.05, 3.63) is 16.8 Å². The molecule has 0 aliphatic rings. The lowest BCUT2D eigenvalue weighted by Crippen LogP contribution is -2.07. The minimum Gasteiger partial charge on any atom is -0.466 e. The number of esters is 1. The van der Waals surface area contributed by atoms with Crippen molar-refractivity contribution in [2.45, 2.75) is 13.3 Å². The van der Waals surface area contributed by atoms with Gasteiger partial charge >= 0.3 is 5.97 Å². The van der Waals surface area contributed by atoms with Crippen molar-refractivity contribution in [2.75, 3.05) is 6.61 Å². The second-order valence-corrected chi connectivity index (χ2v) is 3.59. The Bertz CT molecular complexity index is 466. The number of carbonyl (C=O) groups excluding carboxylic acids is 1. The van der Waals surface area contributed by atoms with Crippen LogP contribution in [0.3, 0.4) is 0 Å². The van der Waals surface area contributed by atoms with Gasteiger partial charge in [-0.1, -0.05) is 5.16 Å². The number of aromatic nitrogens is 3. The fourth-order valence-electron chi connectivity index (χ4n) is 1.09. The summed E-state index contributed by atoms with van der Waals surface area (Å²) in [5.41, 5.74) is 2.32. The first kappa shape index (κ1) is 10.7. The Labute approximate surface area is 95.3 Å². The Morgan fingerprint density at radius 3 is 3.19 bits per heavy atom. The van der Waals surface area contributed by atoms with E-state index in [4.69, 9.17) is 9.26 Å². The quantitative estimate of drug-likeness (QED) is 0.748. The Morgan fingerprint density at radius 1 is 1.62 bits per heavy atom. The molecule has 0 aromatic carbocycles. The minimum absolute atomic E-state index is 0.00895. The summed E-state index contributed by atoms with van der Waals surface area (Å²) in [4.78, 5) is 19.2. The largest absolute Gasteiger partial charge is 0.466 e. The summed E-state index contributed by atoms with van der Waals surface area (Å²) in [6.07, 6.45) is -0.00895. The first-order valence-electron chi connectivity index (χ1n) is 4.66. The second kappa shape index (κ2) is 4.84. The van der Waals surface area contributed by atoms with Gasteiger partial charge in [0.25, 0.3) is 0 Å². The van der Waals surface area contributed by atoms with Gasteiger partial charge in [-0.15, -0.1) is 11.3 Å². The summed E-state index contributed by atoms with van der Waals surface area (Å²) < 4.78 is 9.67. The van der Waals surface area contributed by atoms with Crippen LogP contribution in [0.2, 0.25) is 0 Å². The molecule has 6 nitrogen and oxygen atoms in total. The van der Waals surface area contributed by atoms with Crippen LogP contribution >= 0.6 is 11.3 Å². The van der Waals surface area contributed by atoms with Crippen LogP contribution in [-0.4, -0.2) is 27.7 Å². The molecular formula is C9H9N3O3S. The number of ether oxygens (including phenoxy) is 1. The van der Waals surface area contributed by atoms with E-state index in [-0.39, 0.29) is 18.3 Å². The van der Waals surface area contributed by atoms with Gasteiger partial charge in [0.15, 0.2) is 0 Å². The maximum absolute atomic E-state index is 11.1. The van der Waals surface area contributed by atoms with E-state index in [0.29, 0.717) is 18.1 Å². The number of thiazole rings is 1. The molecule has 2 aromatic heterocycles. The van der Waals surface area contributed by atoms with E-state index in [1.165, 1.54) is 11.3 Å². The Morgan fingerprint density at radius 2 is 2.50 bits per heavy atom. The van der Waals surface area contributed by atoms with Crippen LogP contribution in [0.25, 0.3) is 11.5 Å². The highest BCUT2D eigenvalue weighted by Crippen LogP contribution is 2.15.